The number of rotatable bonds is 10. The Morgan fingerprint density at radius 1 is 1.14 bits per heavy atom. The van der Waals surface area contributed by atoms with Gasteiger partial charge in [0.05, 0.1) is 6.54 Å². The van der Waals surface area contributed by atoms with Gasteiger partial charge in [0.15, 0.2) is 0 Å². The van der Waals surface area contributed by atoms with Gasteiger partial charge in [0, 0.05) is 12.1 Å². The normalized spacial score (nSPS) is 11.4. The highest BCUT2D eigenvalue weighted by Gasteiger charge is 2.25. The lowest BCUT2D eigenvalue weighted by Gasteiger charge is -2.18. The molecular weight excluding hydrogens is 358 g/mol. The SMILES string of the molecule is CCCCc1c(C)c(C#N)c2[nH]c3ccccc3[n+]2c1NCCCN(CC)CC. The molecule has 3 rings (SSSR count). The van der Waals surface area contributed by atoms with Crippen molar-refractivity contribution < 1.29 is 4.40 Å². The molecule has 0 radical (unpaired) electrons. The van der Waals surface area contributed by atoms with Crippen LogP contribution < -0.4 is 9.72 Å². The third-order valence-electron chi connectivity index (χ3n) is 5.93. The number of H-pyrrole nitrogens is 1. The van der Waals surface area contributed by atoms with Gasteiger partial charge in [-0.1, -0.05) is 39.3 Å². The summed E-state index contributed by atoms with van der Waals surface area (Å²) in [6, 6.07) is 10.8. The van der Waals surface area contributed by atoms with Crippen LogP contribution in [0.15, 0.2) is 24.3 Å². The van der Waals surface area contributed by atoms with E-state index in [0.717, 1.165) is 85.5 Å². The van der Waals surface area contributed by atoms with Crippen molar-refractivity contribution in [3.63, 3.8) is 0 Å². The molecule has 0 atom stereocenters. The maximum atomic E-state index is 9.90. The number of aromatic amines is 1. The number of imidazole rings is 1. The quantitative estimate of drug-likeness (QED) is 0.392. The molecule has 1 aromatic carbocycles. The molecule has 0 saturated heterocycles. The molecule has 5 heteroatoms. The van der Waals surface area contributed by atoms with Gasteiger partial charge in [0.2, 0.25) is 11.5 Å². The van der Waals surface area contributed by atoms with Crippen LogP contribution in [-0.2, 0) is 6.42 Å². The van der Waals surface area contributed by atoms with E-state index in [9.17, 15) is 5.26 Å². The average molecular weight is 393 g/mol. The number of para-hydroxylation sites is 2. The minimum absolute atomic E-state index is 0.751. The van der Waals surface area contributed by atoms with Crippen LogP contribution in [0, 0.1) is 18.3 Å². The van der Waals surface area contributed by atoms with Crippen molar-refractivity contribution in [2.24, 2.45) is 0 Å². The first-order valence-electron chi connectivity index (χ1n) is 11.0. The first kappa shape index (κ1) is 21.1. The number of unbranched alkanes of at least 4 members (excludes halogenated alkanes) is 1. The molecule has 29 heavy (non-hydrogen) atoms. The van der Waals surface area contributed by atoms with Crippen molar-refractivity contribution in [1.82, 2.24) is 9.88 Å². The van der Waals surface area contributed by atoms with Gasteiger partial charge in [-0.2, -0.15) is 9.66 Å². The predicted octanol–water partition coefficient (Wildman–Crippen LogP) is 4.57. The minimum atomic E-state index is 0.751. The van der Waals surface area contributed by atoms with Gasteiger partial charge < -0.3 is 10.2 Å². The van der Waals surface area contributed by atoms with Gasteiger partial charge in [0.1, 0.15) is 22.7 Å². The van der Waals surface area contributed by atoms with Gasteiger partial charge in [0.25, 0.3) is 0 Å². The molecule has 3 aromatic rings. The maximum absolute atomic E-state index is 9.90. The number of nitrogens with one attached hydrogen (secondary N) is 2. The number of hydrogen-bond donors (Lipinski definition) is 2. The van der Waals surface area contributed by atoms with Crippen LogP contribution in [0.3, 0.4) is 0 Å². The van der Waals surface area contributed by atoms with Crippen LogP contribution in [-0.4, -0.2) is 36.1 Å². The van der Waals surface area contributed by atoms with Crippen molar-refractivity contribution in [3.05, 3.63) is 41.0 Å². The number of aromatic nitrogens is 2. The fourth-order valence-electron chi connectivity index (χ4n) is 4.16. The monoisotopic (exact) mass is 392 g/mol. The lowest BCUT2D eigenvalue weighted by atomic mass is 9.99. The van der Waals surface area contributed by atoms with Gasteiger partial charge >= 0.3 is 0 Å². The summed E-state index contributed by atoms with van der Waals surface area (Å²) in [5, 5.41) is 13.6. The Morgan fingerprint density at radius 3 is 2.59 bits per heavy atom. The van der Waals surface area contributed by atoms with Gasteiger partial charge in [-0.15, -0.1) is 0 Å². The summed E-state index contributed by atoms with van der Waals surface area (Å²) in [7, 11) is 0. The Bertz CT molecular complexity index is 1010. The van der Waals surface area contributed by atoms with Crippen LogP contribution in [0.5, 0.6) is 0 Å². The molecule has 0 bridgehead atoms. The molecule has 0 aliphatic heterocycles. The van der Waals surface area contributed by atoms with Crippen LogP contribution in [0.25, 0.3) is 16.7 Å². The lowest BCUT2D eigenvalue weighted by Crippen LogP contribution is -2.31. The topological polar surface area (TPSA) is 59.0 Å². The fourth-order valence-corrected chi connectivity index (χ4v) is 4.16. The molecule has 2 aromatic heterocycles. The fraction of sp³-hybridized carbons (Fsp3) is 0.500. The summed E-state index contributed by atoms with van der Waals surface area (Å²) in [6.07, 6.45) is 4.34. The molecule has 154 valence electrons. The van der Waals surface area contributed by atoms with Crippen molar-refractivity contribution in [1.29, 1.82) is 5.26 Å². The molecule has 0 spiro atoms. The lowest BCUT2D eigenvalue weighted by molar-refractivity contribution is -0.465. The van der Waals surface area contributed by atoms with Crippen LogP contribution in [0.4, 0.5) is 5.82 Å². The van der Waals surface area contributed by atoms with Gasteiger partial charge in [-0.3, -0.25) is 4.98 Å². The van der Waals surface area contributed by atoms with E-state index in [1.165, 1.54) is 5.56 Å². The molecule has 0 fully saturated rings. The third kappa shape index (κ3) is 4.23. The highest BCUT2D eigenvalue weighted by Crippen LogP contribution is 2.26. The van der Waals surface area contributed by atoms with Crippen molar-refractivity contribution in [3.8, 4) is 6.07 Å². The van der Waals surface area contributed by atoms with Crippen molar-refractivity contribution >= 4 is 22.5 Å². The second-order valence-electron chi connectivity index (χ2n) is 7.68. The summed E-state index contributed by atoms with van der Waals surface area (Å²) >= 11 is 0. The second-order valence-corrected chi connectivity index (χ2v) is 7.68. The van der Waals surface area contributed by atoms with Crippen molar-refractivity contribution in [2.75, 3.05) is 31.5 Å². The molecule has 0 aliphatic rings. The predicted molar refractivity (Wildman–Crippen MR) is 120 cm³/mol. The number of fused-ring (bicyclic) bond motifs is 3. The Hall–Kier alpha value is -2.58. The summed E-state index contributed by atoms with van der Waals surface area (Å²) in [4.78, 5) is 5.94. The minimum Gasteiger partial charge on any atom is -0.305 e. The van der Waals surface area contributed by atoms with E-state index in [1.807, 2.05) is 6.07 Å². The Kier molecular flexibility index (Phi) is 7.11. The van der Waals surface area contributed by atoms with Crippen LogP contribution in [0.2, 0.25) is 0 Å². The standard InChI is InChI=1S/C24H33N5/c1-5-8-12-19-18(4)20(17-25)24-27-21-13-9-10-14-22(21)29(24)23(19)26-15-11-16-28(6-2)7-3/h9-10,13-14H,5-8,11-12,15-16H2,1-4H3,(H,26,27)/p+1. The maximum Gasteiger partial charge on any atom is 0.250 e. The highest BCUT2D eigenvalue weighted by molar-refractivity contribution is 5.78. The Labute approximate surface area is 174 Å². The third-order valence-corrected chi connectivity index (χ3v) is 5.93. The van der Waals surface area contributed by atoms with E-state index in [4.69, 9.17) is 0 Å². The zero-order valence-electron chi connectivity index (χ0n) is 18.3. The van der Waals surface area contributed by atoms with E-state index >= 15 is 0 Å². The highest BCUT2D eigenvalue weighted by atomic mass is 15.1. The largest absolute Gasteiger partial charge is 0.305 e. The van der Waals surface area contributed by atoms with E-state index in [0.29, 0.717) is 0 Å². The second kappa shape index (κ2) is 9.76. The molecule has 2 heterocycles. The smallest absolute Gasteiger partial charge is 0.250 e. The number of pyridine rings is 1. The number of hydrogen-bond acceptors (Lipinski definition) is 3. The number of anilines is 1. The van der Waals surface area contributed by atoms with Crippen LogP contribution >= 0.6 is 0 Å². The molecular formula is C24H34N5+. The molecule has 0 saturated carbocycles. The first-order valence-corrected chi connectivity index (χ1v) is 11.0. The molecule has 5 nitrogen and oxygen atoms in total. The van der Waals surface area contributed by atoms with Crippen LogP contribution in [0.1, 0.15) is 56.7 Å². The van der Waals surface area contributed by atoms with Crippen molar-refractivity contribution in [2.45, 2.75) is 53.4 Å². The molecule has 2 N–H and O–H groups in total. The molecule has 0 aliphatic carbocycles. The zero-order chi connectivity index (χ0) is 20.8. The molecule has 0 unspecified atom stereocenters. The summed E-state index contributed by atoms with van der Waals surface area (Å²) in [6.45, 7) is 12.9. The zero-order valence-corrected chi connectivity index (χ0v) is 18.3. The van der Waals surface area contributed by atoms with Gasteiger partial charge in [-0.05, 0) is 57.0 Å². The number of nitrogens with zero attached hydrogens (tertiary/aromatic N) is 3. The Balaban J connectivity index is 2.08. The number of nitriles is 1. The molecule has 0 amide bonds. The number of benzene rings is 1. The summed E-state index contributed by atoms with van der Waals surface area (Å²) in [5.74, 6) is 1.14. The van der Waals surface area contributed by atoms with E-state index in [1.54, 1.807) is 0 Å². The average Bonchev–Trinajstić information content (AvgIpc) is 3.12. The van der Waals surface area contributed by atoms with E-state index < -0.39 is 0 Å². The van der Waals surface area contributed by atoms with E-state index in [2.05, 4.69) is 71.6 Å². The first-order chi connectivity index (χ1) is 14.2. The Morgan fingerprint density at radius 2 is 1.90 bits per heavy atom. The summed E-state index contributed by atoms with van der Waals surface area (Å²) < 4.78 is 2.23. The van der Waals surface area contributed by atoms with Gasteiger partial charge in [-0.25, -0.2) is 0 Å². The summed E-state index contributed by atoms with van der Waals surface area (Å²) in [5.41, 5.74) is 6.18. The van der Waals surface area contributed by atoms with E-state index in [-0.39, 0.29) is 0 Å².